The van der Waals surface area contributed by atoms with Crippen LogP contribution in [0.25, 0.3) is 21.9 Å². The van der Waals surface area contributed by atoms with Crippen LogP contribution in [0, 0.1) is 17.5 Å². The lowest BCUT2D eigenvalue weighted by molar-refractivity contribution is 0.486. The van der Waals surface area contributed by atoms with Crippen LogP contribution in [0.1, 0.15) is 37.8 Å². The van der Waals surface area contributed by atoms with Gasteiger partial charge in [-0.15, -0.1) is 0 Å². The zero-order valence-corrected chi connectivity index (χ0v) is 12.6. The zero-order valence-electron chi connectivity index (χ0n) is 12.6. The second-order valence-corrected chi connectivity index (χ2v) is 5.56. The SMILES string of the molecule is CCCc1cc2c(oc3c(F)c(CCC)ccc32)c(F)c1F. The van der Waals surface area contributed by atoms with Gasteiger partial charge in [0.1, 0.15) is 0 Å². The summed E-state index contributed by atoms with van der Waals surface area (Å²) in [5.41, 5.74) is 0.629. The van der Waals surface area contributed by atoms with E-state index in [4.69, 9.17) is 4.42 Å². The molecule has 2 aromatic carbocycles. The second kappa shape index (κ2) is 5.67. The molecule has 1 nitrogen and oxygen atoms in total. The van der Waals surface area contributed by atoms with Crippen LogP contribution in [0.3, 0.4) is 0 Å². The van der Waals surface area contributed by atoms with Gasteiger partial charge in [0.2, 0.25) is 5.82 Å². The van der Waals surface area contributed by atoms with Gasteiger partial charge in [0, 0.05) is 10.8 Å². The molecule has 0 bridgehead atoms. The number of hydrogen-bond acceptors (Lipinski definition) is 1. The lowest BCUT2D eigenvalue weighted by Crippen LogP contribution is -1.94. The molecule has 0 unspecified atom stereocenters. The molecule has 0 atom stereocenters. The van der Waals surface area contributed by atoms with E-state index in [1.54, 1.807) is 18.2 Å². The third-order valence-electron chi connectivity index (χ3n) is 3.95. The van der Waals surface area contributed by atoms with Gasteiger partial charge in [-0.3, -0.25) is 0 Å². The summed E-state index contributed by atoms with van der Waals surface area (Å²) in [5.74, 6) is -2.41. The van der Waals surface area contributed by atoms with Crippen molar-refractivity contribution in [3.63, 3.8) is 0 Å². The zero-order chi connectivity index (χ0) is 15.9. The van der Waals surface area contributed by atoms with Crippen molar-refractivity contribution in [2.24, 2.45) is 0 Å². The molecule has 0 amide bonds. The molecule has 3 aromatic rings. The highest BCUT2D eigenvalue weighted by atomic mass is 19.2. The Hall–Kier alpha value is -1.97. The van der Waals surface area contributed by atoms with Gasteiger partial charge in [-0.25, -0.2) is 8.78 Å². The van der Waals surface area contributed by atoms with Crippen LogP contribution in [-0.4, -0.2) is 0 Å². The highest BCUT2D eigenvalue weighted by molar-refractivity contribution is 6.05. The molecule has 0 saturated heterocycles. The summed E-state index contributed by atoms with van der Waals surface area (Å²) in [6.45, 7) is 3.85. The van der Waals surface area contributed by atoms with Crippen molar-refractivity contribution in [1.29, 1.82) is 0 Å². The van der Waals surface area contributed by atoms with E-state index in [1.165, 1.54) is 0 Å². The first-order chi connectivity index (χ1) is 10.6. The molecule has 116 valence electrons. The number of rotatable bonds is 4. The summed E-state index contributed by atoms with van der Waals surface area (Å²) >= 11 is 0. The van der Waals surface area contributed by atoms with Gasteiger partial charge in [0.05, 0.1) is 0 Å². The smallest absolute Gasteiger partial charge is 0.202 e. The van der Waals surface area contributed by atoms with E-state index in [9.17, 15) is 13.2 Å². The lowest BCUT2D eigenvalue weighted by atomic mass is 10.0. The van der Waals surface area contributed by atoms with Gasteiger partial charge in [-0.05, 0) is 36.1 Å². The summed E-state index contributed by atoms with van der Waals surface area (Å²) in [5, 5.41) is 0.919. The molecule has 1 heterocycles. The molecular weight excluding hydrogens is 289 g/mol. The largest absolute Gasteiger partial charge is 0.450 e. The molecule has 0 aliphatic rings. The van der Waals surface area contributed by atoms with Crippen LogP contribution >= 0.6 is 0 Å². The monoisotopic (exact) mass is 306 g/mol. The summed E-state index contributed by atoms with van der Waals surface area (Å²) < 4.78 is 48.0. The first-order valence-electron chi connectivity index (χ1n) is 7.58. The Morgan fingerprint density at radius 3 is 2.09 bits per heavy atom. The summed E-state index contributed by atoms with van der Waals surface area (Å²) in [7, 11) is 0. The average molecular weight is 306 g/mol. The molecule has 22 heavy (non-hydrogen) atoms. The Morgan fingerprint density at radius 1 is 0.773 bits per heavy atom. The number of furan rings is 1. The standard InChI is InChI=1S/C18H17F3O/c1-3-5-10-7-8-12-13-9-11(6-4-2)14(19)16(21)18(13)22-17(12)15(10)20/h7-9H,3-6H2,1-2H3. The van der Waals surface area contributed by atoms with E-state index in [-0.39, 0.29) is 11.2 Å². The fourth-order valence-corrected chi connectivity index (χ4v) is 2.89. The van der Waals surface area contributed by atoms with Crippen LogP contribution in [0.2, 0.25) is 0 Å². The van der Waals surface area contributed by atoms with Crippen LogP contribution in [0.15, 0.2) is 22.6 Å². The van der Waals surface area contributed by atoms with E-state index >= 15 is 0 Å². The molecule has 0 aliphatic heterocycles. The van der Waals surface area contributed by atoms with Crippen LogP contribution in [0.5, 0.6) is 0 Å². The van der Waals surface area contributed by atoms with Crippen molar-refractivity contribution in [2.45, 2.75) is 39.5 Å². The van der Waals surface area contributed by atoms with Gasteiger partial charge in [0.15, 0.2) is 22.8 Å². The molecule has 0 radical (unpaired) electrons. The Morgan fingerprint density at radius 2 is 1.41 bits per heavy atom. The average Bonchev–Trinajstić information content (AvgIpc) is 2.87. The molecule has 0 fully saturated rings. The normalized spacial score (nSPS) is 11.7. The maximum absolute atomic E-state index is 14.5. The third kappa shape index (κ3) is 2.18. The Kier molecular flexibility index (Phi) is 3.85. The third-order valence-corrected chi connectivity index (χ3v) is 3.95. The molecule has 4 heteroatoms. The summed E-state index contributed by atoms with van der Waals surface area (Å²) in [6, 6.07) is 4.99. The minimum absolute atomic E-state index is 0.00731. The number of halogens is 3. The van der Waals surface area contributed by atoms with Crippen molar-refractivity contribution >= 4 is 21.9 Å². The number of hydrogen-bond donors (Lipinski definition) is 0. The molecule has 3 rings (SSSR count). The highest BCUT2D eigenvalue weighted by Gasteiger charge is 2.21. The maximum atomic E-state index is 14.5. The van der Waals surface area contributed by atoms with Gasteiger partial charge < -0.3 is 4.42 Å². The van der Waals surface area contributed by atoms with Gasteiger partial charge in [-0.1, -0.05) is 32.8 Å². The van der Waals surface area contributed by atoms with Crippen molar-refractivity contribution in [1.82, 2.24) is 0 Å². The first-order valence-corrected chi connectivity index (χ1v) is 7.58. The van der Waals surface area contributed by atoms with E-state index in [0.717, 1.165) is 6.42 Å². The quantitative estimate of drug-likeness (QED) is 0.584. The molecule has 1 aromatic heterocycles. The van der Waals surface area contributed by atoms with Crippen LogP contribution in [-0.2, 0) is 12.8 Å². The van der Waals surface area contributed by atoms with Gasteiger partial charge >= 0.3 is 0 Å². The van der Waals surface area contributed by atoms with E-state index in [1.807, 2.05) is 13.8 Å². The van der Waals surface area contributed by atoms with Crippen molar-refractivity contribution in [3.05, 3.63) is 46.8 Å². The Bertz CT molecular complexity index is 849. The number of benzene rings is 2. The lowest BCUT2D eigenvalue weighted by Gasteiger charge is -2.03. The topological polar surface area (TPSA) is 13.1 Å². The van der Waals surface area contributed by atoms with E-state index < -0.39 is 17.5 Å². The van der Waals surface area contributed by atoms with E-state index in [0.29, 0.717) is 41.2 Å². The minimum atomic E-state index is -1.03. The van der Waals surface area contributed by atoms with Crippen LogP contribution < -0.4 is 0 Å². The number of fused-ring (bicyclic) bond motifs is 3. The molecule has 0 saturated carbocycles. The van der Waals surface area contributed by atoms with E-state index in [2.05, 4.69) is 0 Å². The highest BCUT2D eigenvalue weighted by Crippen LogP contribution is 2.35. The Balaban J connectivity index is 2.34. The maximum Gasteiger partial charge on any atom is 0.202 e. The second-order valence-electron chi connectivity index (χ2n) is 5.56. The molecule has 0 spiro atoms. The van der Waals surface area contributed by atoms with Crippen molar-refractivity contribution in [2.75, 3.05) is 0 Å². The van der Waals surface area contributed by atoms with Gasteiger partial charge in [-0.2, -0.15) is 4.39 Å². The minimum Gasteiger partial charge on any atom is -0.450 e. The van der Waals surface area contributed by atoms with Crippen molar-refractivity contribution in [3.8, 4) is 0 Å². The van der Waals surface area contributed by atoms with Crippen molar-refractivity contribution < 1.29 is 17.6 Å². The Labute approximate surface area is 126 Å². The molecule has 0 N–H and O–H groups in total. The van der Waals surface area contributed by atoms with Gasteiger partial charge in [0.25, 0.3) is 0 Å². The summed E-state index contributed by atoms with van der Waals surface area (Å²) in [6.07, 6.45) is 2.51. The summed E-state index contributed by atoms with van der Waals surface area (Å²) in [4.78, 5) is 0. The number of aryl methyl sites for hydroxylation is 2. The predicted octanol–water partition coefficient (Wildman–Crippen LogP) is 5.91. The fourth-order valence-electron chi connectivity index (χ4n) is 2.89. The van der Waals surface area contributed by atoms with Crippen LogP contribution in [0.4, 0.5) is 13.2 Å². The predicted molar refractivity (Wildman–Crippen MR) is 81.6 cm³/mol. The first kappa shape index (κ1) is 14.9. The molecular formula is C18H17F3O. The molecule has 0 aliphatic carbocycles. The fraction of sp³-hybridized carbons (Fsp3) is 0.333.